The lowest BCUT2D eigenvalue weighted by atomic mass is 10.1. The van der Waals surface area contributed by atoms with Gasteiger partial charge in [-0.25, -0.2) is 0 Å². The number of nitrogens with one attached hydrogen (secondary N) is 1. The van der Waals surface area contributed by atoms with Crippen LogP contribution in [0, 0.1) is 5.92 Å². The highest BCUT2D eigenvalue weighted by Crippen LogP contribution is 2.25. The first kappa shape index (κ1) is 19.5. The Hall–Kier alpha value is -1.82. The van der Waals surface area contributed by atoms with Crippen LogP contribution in [0.4, 0.5) is 5.69 Å². The minimum atomic E-state index is -0.143. The summed E-state index contributed by atoms with van der Waals surface area (Å²) in [5.41, 5.74) is 7.18. The average Bonchev–Trinajstić information content (AvgIpc) is 2.99. The third-order valence-corrected chi connectivity index (χ3v) is 4.76. The molecule has 3 N–H and O–H groups in total. The van der Waals surface area contributed by atoms with Crippen LogP contribution in [0.1, 0.15) is 24.8 Å². The second kappa shape index (κ2) is 8.52. The molecule has 1 fully saturated rings. The number of nitrogens with zero attached hydrogens (tertiary/aromatic N) is 1. The second-order valence-corrected chi connectivity index (χ2v) is 6.64. The van der Waals surface area contributed by atoms with Crippen molar-refractivity contribution >= 4 is 35.6 Å². The number of amides is 1. The van der Waals surface area contributed by atoms with E-state index in [9.17, 15) is 9.59 Å². The number of hydrogen-bond acceptors (Lipinski definition) is 3. The van der Waals surface area contributed by atoms with Crippen molar-refractivity contribution in [2.45, 2.75) is 31.8 Å². The number of aromatic nitrogens is 1. The summed E-state index contributed by atoms with van der Waals surface area (Å²) >= 11 is 6.15. The van der Waals surface area contributed by atoms with Crippen LogP contribution in [0.3, 0.4) is 0 Å². The summed E-state index contributed by atoms with van der Waals surface area (Å²) in [6.45, 7) is 0.358. The molecule has 2 aromatic rings. The molecular formula is C18H21Cl2N3O2. The molecule has 0 radical (unpaired) electrons. The minimum absolute atomic E-state index is 0. The number of anilines is 1. The number of rotatable bonds is 4. The van der Waals surface area contributed by atoms with Gasteiger partial charge in [0.15, 0.2) is 0 Å². The van der Waals surface area contributed by atoms with Gasteiger partial charge in [0.2, 0.25) is 5.91 Å². The summed E-state index contributed by atoms with van der Waals surface area (Å²) in [7, 11) is 0. The summed E-state index contributed by atoms with van der Waals surface area (Å²) in [5, 5.41) is 3.50. The smallest absolute Gasteiger partial charge is 0.250 e. The number of benzene rings is 1. The fraction of sp³-hybridized carbons (Fsp3) is 0.333. The monoisotopic (exact) mass is 381 g/mol. The average molecular weight is 382 g/mol. The molecule has 0 bridgehead atoms. The molecule has 3 rings (SSSR count). The number of hydrogen-bond donors (Lipinski definition) is 2. The summed E-state index contributed by atoms with van der Waals surface area (Å²) in [6, 6.07) is 10.6. The van der Waals surface area contributed by atoms with Crippen molar-refractivity contribution in [2.75, 3.05) is 5.32 Å². The highest BCUT2D eigenvalue weighted by Gasteiger charge is 2.27. The Balaban J connectivity index is 0.00000225. The summed E-state index contributed by atoms with van der Waals surface area (Å²) < 4.78 is 1.54. The minimum Gasteiger partial charge on any atom is -0.328 e. The van der Waals surface area contributed by atoms with Crippen LogP contribution >= 0.6 is 24.0 Å². The molecule has 1 aromatic carbocycles. The topological polar surface area (TPSA) is 77.1 Å². The van der Waals surface area contributed by atoms with E-state index in [0.29, 0.717) is 23.7 Å². The number of pyridine rings is 1. The van der Waals surface area contributed by atoms with E-state index in [1.54, 1.807) is 18.3 Å². The largest absolute Gasteiger partial charge is 0.328 e. The van der Waals surface area contributed by atoms with Gasteiger partial charge in [-0.1, -0.05) is 29.8 Å². The third kappa shape index (κ3) is 4.84. The molecule has 1 saturated carbocycles. The molecule has 25 heavy (non-hydrogen) atoms. The highest BCUT2D eigenvalue weighted by atomic mass is 35.5. The quantitative estimate of drug-likeness (QED) is 0.854. The van der Waals surface area contributed by atoms with E-state index >= 15 is 0 Å². The van der Waals surface area contributed by atoms with E-state index in [0.717, 1.165) is 18.4 Å². The van der Waals surface area contributed by atoms with Crippen LogP contribution in [0.15, 0.2) is 47.4 Å². The van der Waals surface area contributed by atoms with Crippen molar-refractivity contribution in [1.29, 1.82) is 0 Å². The molecule has 1 aromatic heterocycles. The van der Waals surface area contributed by atoms with Gasteiger partial charge in [0, 0.05) is 29.2 Å². The molecule has 1 heterocycles. The Morgan fingerprint density at radius 2 is 2.00 bits per heavy atom. The summed E-state index contributed by atoms with van der Waals surface area (Å²) in [4.78, 5) is 24.4. The lowest BCUT2D eigenvalue weighted by molar-refractivity contribution is -0.119. The number of carbonyl (C=O) groups is 1. The van der Waals surface area contributed by atoms with Crippen molar-refractivity contribution in [3.05, 3.63) is 63.5 Å². The second-order valence-electron chi connectivity index (χ2n) is 6.23. The highest BCUT2D eigenvalue weighted by molar-refractivity contribution is 6.31. The van der Waals surface area contributed by atoms with Gasteiger partial charge in [-0.15, -0.1) is 12.4 Å². The van der Waals surface area contributed by atoms with Gasteiger partial charge in [0.1, 0.15) is 0 Å². The molecule has 1 aliphatic carbocycles. The maximum absolute atomic E-state index is 12.3. The standard InChI is InChI=1S/C18H20ClN3O2.ClH/c19-16-4-2-1-3-13(16)10-22-11-15(7-8-17(22)23)21-18(24)12-5-6-14(20)9-12;/h1-4,7-8,11-12,14H,5-6,9-10,20H2,(H,21,24);1H. The maximum atomic E-state index is 12.3. The van der Waals surface area contributed by atoms with Crippen LogP contribution in [0.5, 0.6) is 0 Å². The van der Waals surface area contributed by atoms with Crippen LogP contribution in [-0.2, 0) is 11.3 Å². The van der Waals surface area contributed by atoms with E-state index in [1.165, 1.54) is 10.6 Å². The predicted molar refractivity (Wildman–Crippen MR) is 102 cm³/mol. The van der Waals surface area contributed by atoms with E-state index in [2.05, 4.69) is 5.32 Å². The number of halogens is 2. The number of nitrogens with two attached hydrogens (primary N) is 1. The predicted octanol–water partition coefficient (Wildman–Crippen LogP) is 3.04. The van der Waals surface area contributed by atoms with Gasteiger partial charge in [0.25, 0.3) is 5.56 Å². The normalized spacial score (nSPS) is 19.3. The molecule has 1 amide bonds. The zero-order valence-corrected chi connectivity index (χ0v) is 15.2. The molecule has 0 spiro atoms. The van der Waals surface area contributed by atoms with Gasteiger partial charge in [-0.3, -0.25) is 9.59 Å². The van der Waals surface area contributed by atoms with Gasteiger partial charge < -0.3 is 15.6 Å². The lowest BCUT2D eigenvalue weighted by Crippen LogP contribution is -2.25. The molecule has 0 aliphatic heterocycles. The zero-order valence-electron chi connectivity index (χ0n) is 13.7. The van der Waals surface area contributed by atoms with E-state index in [1.807, 2.05) is 18.2 Å². The van der Waals surface area contributed by atoms with Gasteiger partial charge in [-0.2, -0.15) is 0 Å². The Bertz CT molecular complexity index is 807. The first-order chi connectivity index (χ1) is 11.5. The van der Waals surface area contributed by atoms with E-state index in [4.69, 9.17) is 17.3 Å². The van der Waals surface area contributed by atoms with Crippen molar-refractivity contribution in [1.82, 2.24) is 4.57 Å². The van der Waals surface area contributed by atoms with Gasteiger partial charge in [0.05, 0.1) is 12.2 Å². The van der Waals surface area contributed by atoms with E-state index in [-0.39, 0.29) is 35.8 Å². The SMILES string of the molecule is Cl.NC1CCC(C(=O)Nc2ccc(=O)n(Cc3ccccc3Cl)c2)C1. The van der Waals surface area contributed by atoms with Crippen molar-refractivity contribution < 1.29 is 4.79 Å². The lowest BCUT2D eigenvalue weighted by Gasteiger charge is -2.13. The van der Waals surface area contributed by atoms with Crippen LogP contribution in [0.2, 0.25) is 5.02 Å². The Morgan fingerprint density at radius 3 is 2.68 bits per heavy atom. The van der Waals surface area contributed by atoms with Crippen molar-refractivity contribution in [3.63, 3.8) is 0 Å². The van der Waals surface area contributed by atoms with E-state index < -0.39 is 0 Å². The Morgan fingerprint density at radius 1 is 1.24 bits per heavy atom. The molecule has 5 nitrogen and oxygen atoms in total. The molecular weight excluding hydrogens is 361 g/mol. The van der Waals surface area contributed by atoms with Crippen molar-refractivity contribution in [2.24, 2.45) is 11.7 Å². The molecule has 134 valence electrons. The first-order valence-electron chi connectivity index (χ1n) is 8.03. The van der Waals surface area contributed by atoms with Crippen LogP contribution < -0.4 is 16.6 Å². The third-order valence-electron chi connectivity index (χ3n) is 4.39. The molecule has 1 aliphatic rings. The number of carbonyl (C=O) groups excluding carboxylic acids is 1. The van der Waals surface area contributed by atoms with Crippen LogP contribution in [-0.4, -0.2) is 16.5 Å². The zero-order chi connectivity index (χ0) is 17.1. The Labute approximate surface area is 157 Å². The molecule has 2 unspecified atom stereocenters. The summed E-state index contributed by atoms with van der Waals surface area (Å²) in [5.74, 6) is -0.0881. The van der Waals surface area contributed by atoms with Gasteiger partial charge in [-0.05, 0) is 37.0 Å². The molecule has 7 heteroatoms. The fourth-order valence-electron chi connectivity index (χ4n) is 3.04. The fourth-order valence-corrected chi connectivity index (χ4v) is 3.23. The van der Waals surface area contributed by atoms with Gasteiger partial charge >= 0.3 is 0 Å². The molecule has 2 atom stereocenters. The Kier molecular flexibility index (Phi) is 6.64. The summed E-state index contributed by atoms with van der Waals surface area (Å²) in [6.07, 6.45) is 4.06. The first-order valence-corrected chi connectivity index (χ1v) is 8.41. The van der Waals surface area contributed by atoms with Crippen molar-refractivity contribution in [3.8, 4) is 0 Å². The van der Waals surface area contributed by atoms with Crippen LogP contribution in [0.25, 0.3) is 0 Å². The molecule has 0 saturated heterocycles. The maximum Gasteiger partial charge on any atom is 0.250 e.